The molecule has 3 atom stereocenters. The minimum atomic E-state index is -0.599. The smallest absolute Gasteiger partial charge is 0.231 e. The number of piperidine rings is 1. The zero-order valence-corrected chi connectivity index (χ0v) is 15.9. The molecule has 2 aromatic rings. The number of benzene rings is 2. The molecular formula is C23H26FNO3. The van der Waals surface area contributed by atoms with Crippen molar-refractivity contribution in [1.29, 1.82) is 0 Å². The molecule has 5 heteroatoms. The number of fused-ring (bicyclic) bond motifs is 2. The summed E-state index contributed by atoms with van der Waals surface area (Å²) in [5.74, 6) is 1.54. The van der Waals surface area contributed by atoms with Gasteiger partial charge in [0, 0.05) is 25.0 Å². The minimum absolute atomic E-state index is 0.110. The molecule has 28 heavy (non-hydrogen) atoms. The normalized spacial score (nSPS) is 29.5. The molecule has 0 bridgehead atoms. The van der Waals surface area contributed by atoms with Gasteiger partial charge in [-0.2, -0.15) is 0 Å². The monoisotopic (exact) mass is 383 g/mol. The van der Waals surface area contributed by atoms with Crippen LogP contribution in [0.2, 0.25) is 0 Å². The van der Waals surface area contributed by atoms with E-state index in [0.29, 0.717) is 0 Å². The fourth-order valence-corrected chi connectivity index (χ4v) is 5.28. The average molecular weight is 383 g/mol. The second-order valence-corrected chi connectivity index (χ2v) is 8.36. The first-order valence-electron chi connectivity index (χ1n) is 10.2. The highest BCUT2D eigenvalue weighted by Gasteiger charge is 2.49. The third-order valence-corrected chi connectivity index (χ3v) is 6.71. The van der Waals surface area contributed by atoms with Gasteiger partial charge in [0.15, 0.2) is 11.5 Å². The lowest BCUT2D eigenvalue weighted by Crippen LogP contribution is -2.54. The summed E-state index contributed by atoms with van der Waals surface area (Å²) >= 11 is 0. The molecule has 5 rings (SSSR count). The van der Waals surface area contributed by atoms with Crippen LogP contribution in [0.1, 0.15) is 49.3 Å². The highest BCUT2D eigenvalue weighted by Crippen LogP contribution is 2.50. The van der Waals surface area contributed by atoms with E-state index in [2.05, 4.69) is 17.0 Å². The van der Waals surface area contributed by atoms with E-state index in [1.54, 1.807) is 0 Å². The quantitative estimate of drug-likeness (QED) is 0.852. The van der Waals surface area contributed by atoms with Gasteiger partial charge >= 0.3 is 0 Å². The summed E-state index contributed by atoms with van der Waals surface area (Å²) in [5, 5.41) is 11.4. The molecule has 2 aromatic carbocycles. The third-order valence-electron chi connectivity index (χ3n) is 6.71. The van der Waals surface area contributed by atoms with Crippen molar-refractivity contribution in [3.05, 3.63) is 59.4 Å². The average Bonchev–Trinajstić information content (AvgIpc) is 3.17. The second-order valence-electron chi connectivity index (χ2n) is 8.36. The summed E-state index contributed by atoms with van der Waals surface area (Å²) in [6, 6.07) is 13.0. The van der Waals surface area contributed by atoms with Crippen molar-refractivity contribution in [2.24, 2.45) is 5.92 Å². The van der Waals surface area contributed by atoms with Gasteiger partial charge in [-0.15, -0.1) is 0 Å². The minimum Gasteiger partial charge on any atom is -0.454 e. The van der Waals surface area contributed by atoms with E-state index >= 15 is 0 Å². The van der Waals surface area contributed by atoms with Crippen LogP contribution < -0.4 is 9.47 Å². The van der Waals surface area contributed by atoms with Crippen LogP contribution in [0.15, 0.2) is 42.5 Å². The van der Waals surface area contributed by atoms with Gasteiger partial charge in [-0.05, 0) is 54.7 Å². The summed E-state index contributed by atoms with van der Waals surface area (Å²) in [6.07, 6.45) is 4.94. The molecule has 2 aliphatic heterocycles. The highest BCUT2D eigenvalue weighted by atomic mass is 19.1. The third kappa shape index (κ3) is 3.16. The predicted octanol–water partition coefficient (Wildman–Crippen LogP) is 4.42. The fraction of sp³-hybridized carbons (Fsp3) is 0.478. The first kappa shape index (κ1) is 18.0. The Morgan fingerprint density at radius 2 is 1.86 bits per heavy atom. The Hall–Kier alpha value is -2.11. The molecule has 3 aliphatic rings. The number of ether oxygens (including phenoxy) is 2. The summed E-state index contributed by atoms with van der Waals surface area (Å²) in [4.78, 5) is 2.44. The van der Waals surface area contributed by atoms with Gasteiger partial charge in [0.1, 0.15) is 5.82 Å². The van der Waals surface area contributed by atoms with Crippen LogP contribution in [0.3, 0.4) is 0 Å². The second kappa shape index (κ2) is 7.05. The molecule has 0 radical (unpaired) electrons. The highest BCUT2D eigenvalue weighted by molar-refractivity contribution is 5.45. The number of hydrogen-bond acceptors (Lipinski definition) is 4. The number of nitrogens with zero attached hydrogens (tertiary/aromatic N) is 1. The molecule has 2 heterocycles. The zero-order valence-electron chi connectivity index (χ0n) is 15.9. The maximum Gasteiger partial charge on any atom is 0.231 e. The van der Waals surface area contributed by atoms with Gasteiger partial charge in [-0.25, -0.2) is 4.39 Å². The van der Waals surface area contributed by atoms with E-state index in [9.17, 15) is 9.50 Å². The van der Waals surface area contributed by atoms with Crippen molar-refractivity contribution < 1.29 is 19.0 Å². The molecule has 148 valence electrons. The number of halogens is 1. The molecule has 2 fully saturated rings. The van der Waals surface area contributed by atoms with Gasteiger partial charge < -0.3 is 14.6 Å². The number of rotatable bonds is 3. The van der Waals surface area contributed by atoms with Crippen molar-refractivity contribution in [3.8, 4) is 11.5 Å². The maximum absolute atomic E-state index is 13.3. The Balaban J connectivity index is 1.50. The van der Waals surface area contributed by atoms with Gasteiger partial charge in [0.2, 0.25) is 6.79 Å². The Morgan fingerprint density at radius 1 is 1.04 bits per heavy atom. The van der Waals surface area contributed by atoms with Gasteiger partial charge in [0.05, 0.1) is 5.60 Å². The first-order chi connectivity index (χ1) is 13.6. The molecule has 0 aromatic heterocycles. The van der Waals surface area contributed by atoms with Crippen LogP contribution in [-0.2, 0) is 6.54 Å². The largest absolute Gasteiger partial charge is 0.454 e. The zero-order chi connectivity index (χ0) is 19.1. The summed E-state index contributed by atoms with van der Waals surface area (Å²) in [7, 11) is 0. The summed E-state index contributed by atoms with van der Waals surface area (Å²) < 4.78 is 24.4. The van der Waals surface area contributed by atoms with Gasteiger partial charge in [-0.1, -0.05) is 31.0 Å². The van der Waals surface area contributed by atoms with Crippen molar-refractivity contribution in [2.45, 2.75) is 50.3 Å². The standard InChI is InChI=1S/C23H26FNO3/c24-18-7-4-16(5-8-18)14-25-12-11-23(26)10-2-1-3-19(23)22(25)17-6-9-20-21(13-17)28-15-27-20/h4-9,13,19,22,26H,1-3,10-12,14-15H2/t19-,22+,23+/m0/s1. The topological polar surface area (TPSA) is 41.9 Å². The number of aliphatic hydroxyl groups is 1. The number of likely N-dealkylation sites (tertiary alicyclic amines) is 1. The van der Waals surface area contributed by atoms with E-state index in [0.717, 1.165) is 67.8 Å². The maximum atomic E-state index is 13.3. The summed E-state index contributed by atoms with van der Waals surface area (Å²) in [5.41, 5.74) is 1.66. The van der Waals surface area contributed by atoms with E-state index in [1.165, 1.54) is 12.1 Å². The molecule has 1 aliphatic carbocycles. The van der Waals surface area contributed by atoms with Crippen molar-refractivity contribution in [3.63, 3.8) is 0 Å². The molecular weight excluding hydrogens is 357 g/mol. The number of hydrogen-bond donors (Lipinski definition) is 1. The molecule has 1 N–H and O–H groups in total. The van der Waals surface area contributed by atoms with Crippen LogP contribution >= 0.6 is 0 Å². The predicted molar refractivity (Wildman–Crippen MR) is 104 cm³/mol. The van der Waals surface area contributed by atoms with Crippen LogP contribution in [0, 0.1) is 11.7 Å². The van der Waals surface area contributed by atoms with E-state index in [-0.39, 0.29) is 24.6 Å². The fourth-order valence-electron chi connectivity index (χ4n) is 5.28. The van der Waals surface area contributed by atoms with Gasteiger partial charge in [-0.3, -0.25) is 4.90 Å². The lowest BCUT2D eigenvalue weighted by Gasteiger charge is -2.52. The van der Waals surface area contributed by atoms with E-state index < -0.39 is 5.60 Å². The Morgan fingerprint density at radius 3 is 2.71 bits per heavy atom. The molecule has 0 spiro atoms. The van der Waals surface area contributed by atoms with Crippen LogP contribution in [0.4, 0.5) is 4.39 Å². The molecule has 0 amide bonds. The molecule has 1 saturated heterocycles. The van der Waals surface area contributed by atoms with Crippen molar-refractivity contribution >= 4 is 0 Å². The van der Waals surface area contributed by atoms with Crippen molar-refractivity contribution in [2.75, 3.05) is 13.3 Å². The Kier molecular flexibility index (Phi) is 4.52. The first-order valence-corrected chi connectivity index (χ1v) is 10.2. The van der Waals surface area contributed by atoms with Crippen LogP contribution in [0.5, 0.6) is 11.5 Å². The van der Waals surface area contributed by atoms with Crippen LogP contribution in [-0.4, -0.2) is 28.9 Å². The molecule has 0 unspecified atom stereocenters. The van der Waals surface area contributed by atoms with E-state index in [4.69, 9.17) is 9.47 Å². The molecule has 1 saturated carbocycles. The Bertz CT molecular complexity index is 855. The SMILES string of the molecule is O[C@@]12CCCC[C@H]1[C@@H](c1ccc3c(c1)OCO3)N(Cc1ccc(F)cc1)CC2. The van der Waals surface area contributed by atoms with Crippen molar-refractivity contribution in [1.82, 2.24) is 4.90 Å². The van der Waals surface area contributed by atoms with Crippen LogP contribution in [0.25, 0.3) is 0 Å². The lowest BCUT2D eigenvalue weighted by molar-refractivity contribution is -0.126. The summed E-state index contributed by atoms with van der Waals surface area (Å²) in [6.45, 7) is 1.82. The Labute approximate surface area is 164 Å². The van der Waals surface area contributed by atoms with E-state index in [1.807, 2.05) is 18.2 Å². The lowest BCUT2D eigenvalue weighted by atomic mass is 9.66. The molecule has 4 nitrogen and oxygen atoms in total. The van der Waals surface area contributed by atoms with Gasteiger partial charge in [0.25, 0.3) is 0 Å².